The molecule has 8 heteroatoms. The highest BCUT2D eigenvalue weighted by Gasteiger charge is 2.15. The zero-order chi connectivity index (χ0) is 15.7. The van der Waals surface area contributed by atoms with Crippen LogP contribution in [0.5, 0.6) is 0 Å². The number of carbonyl (C=O) groups excluding carboxylic acids is 1. The lowest BCUT2D eigenvalue weighted by atomic mass is 10.3. The Kier molecular flexibility index (Phi) is 6.81. The van der Waals surface area contributed by atoms with Crippen molar-refractivity contribution in [3.05, 3.63) is 24.0 Å². The van der Waals surface area contributed by atoms with Crippen LogP contribution >= 0.6 is 0 Å². The van der Waals surface area contributed by atoms with Gasteiger partial charge in [-0.2, -0.15) is 0 Å². The summed E-state index contributed by atoms with van der Waals surface area (Å²) in [7, 11) is -2.52. The smallest absolute Gasteiger partial charge is 0.306 e. The average molecular weight is 312 g/mol. The minimum atomic E-state index is -3.75. The number of carbonyl (C=O) groups is 1. The summed E-state index contributed by atoms with van der Waals surface area (Å²) in [4.78, 5) is 14.7. The van der Waals surface area contributed by atoms with Crippen LogP contribution in [0.15, 0.2) is 23.4 Å². The molecule has 0 spiro atoms. The Morgan fingerprint density at radius 2 is 2.24 bits per heavy atom. The van der Waals surface area contributed by atoms with E-state index in [2.05, 4.69) is 26.3 Å². The van der Waals surface area contributed by atoms with Gasteiger partial charge >= 0.3 is 5.97 Å². The minimum Gasteiger partial charge on any atom is -0.469 e. The monoisotopic (exact) mass is 312 g/mol. The van der Waals surface area contributed by atoms with Gasteiger partial charge in [-0.15, -0.1) is 0 Å². The fourth-order valence-electron chi connectivity index (χ4n) is 1.33. The molecule has 0 saturated heterocycles. The summed E-state index contributed by atoms with van der Waals surface area (Å²) in [6, 6.07) is 1.37. The topological polar surface area (TPSA) is 106 Å². The predicted octanol–water partition coefficient (Wildman–Crippen LogP) is -0.343. The normalized spacial score (nSPS) is 10.6. The van der Waals surface area contributed by atoms with Crippen LogP contribution in [0.4, 0.5) is 0 Å². The van der Waals surface area contributed by atoms with E-state index < -0.39 is 16.0 Å². The third kappa shape index (κ3) is 5.91. The Bertz CT molecular complexity index is 646. The van der Waals surface area contributed by atoms with Crippen molar-refractivity contribution in [1.29, 1.82) is 0 Å². The highest BCUT2D eigenvalue weighted by molar-refractivity contribution is 7.89. The van der Waals surface area contributed by atoms with Crippen LogP contribution in [-0.4, -0.2) is 44.7 Å². The average Bonchev–Trinajstić information content (AvgIpc) is 2.47. The van der Waals surface area contributed by atoms with Crippen LogP contribution in [0.2, 0.25) is 0 Å². The van der Waals surface area contributed by atoms with E-state index in [9.17, 15) is 13.2 Å². The zero-order valence-corrected chi connectivity index (χ0v) is 12.3. The molecule has 0 fully saturated rings. The second-order valence-corrected chi connectivity index (χ2v) is 5.68. The lowest BCUT2D eigenvalue weighted by Gasteiger charge is -2.06. The van der Waals surface area contributed by atoms with Crippen LogP contribution in [0, 0.1) is 11.8 Å². The van der Waals surface area contributed by atoms with Gasteiger partial charge in [-0.05, 0) is 6.07 Å². The van der Waals surface area contributed by atoms with Crippen LogP contribution in [0.3, 0.4) is 0 Å². The summed E-state index contributed by atoms with van der Waals surface area (Å²) in [5, 5.41) is 8.63. The molecule has 21 heavy (non-hydrogen) atoms. The van der Waals surface area contributed by atoms with Crippen LogP contribution < -0.4 is 4.72 Å². The largest absolute Gasteiger partial charge is 0.469 e. The lowest BCUT2D eigenvalue weighted by molar-refractivity contribution is -0.140. The van der Waals surface area contributed by atoms with Gasteiger partial charge in [0, 0.05) is 30.9 Å². The van der Waals surface area contributed by atoms with Gasteiger partial charge in [0.25, 0.3) is 0 Å². The van der Waals surface area contributed by atoms with E-state index in [4.69, 9.17) is 5.11 Å². The molecule has 0 aromatic carbocycles. The molecule has 1 rings (SSSR count). The first-order valence-electron chi connectivity index (χ1n) is 6.11. The number of methoxy groups -OCH3 is 1. The van der Waals surface area contributed by atoms with Gasteiger partial charge in [0.1, 0.15) is 4.90 Å². The highest BCUT2D eigenvalue weighted by atomic mass is 32.2. The van der Waals surface area contributed by atoms with Crippen LogP contribution in [-0.2, 0) is 19.6 Å². The molecule has 0 bridgehead atoms. The summed E-state index contributed by atoms with van der Waals surface area (Å²) >= 11 is 0. The summed E-state index contributed by atoms with van der Waals surface area (Å²) < 4.78 is 30.7. The van der Waals surface area contributed by atoms with Crippen molar-refractivity contribution in [3.63, 3.8) is 0 Å². The van der Waals surface area contributed by atoms with Gasteiger partial charge in [-0.1, -0.05) is 11.8 Å². The number of aliphatic hydroxyl groups excluding tert-OH is 1. The maximum absolute atomic E-state index is 12.0. The number of sulfonamides is 1. The molecule has 1 heterocycles. The lowest BCUT2D eigenvalue weighted by Crippen LogP contribution is -2.26. The predicted molar refractivity (Wildman–Crippen MR) is 74.6 cm³/mol. The van der Waals surface area contributed by atoms with Gasteiger partial charge in [0.05, 0.1) is 20.1 Å². The number of hydrogen-bond donors (Lipinski definition) is 2. The number of ether oxygens (including phenoxy) is 1. The number of nitrogens with zero attached hydrogens (tertiary/aromatic N) is 1. The first kappa shape index (κ1) is 17.1. The van der Waals surface area contributed by atoms with Crippen molar-refractivity contribution >= 4 is 16.0 Å². The number of nitrogens with one attached hydrogen (secondary N) is 1. The first-order valence-corrected chi connectivity index (χ1v) is 7.59. The van der Waals surface area contributed by atoms with Crippen molar-refractivity contribution in [3.8, 4) is 11.8 Å². The SMILES string of the molecule is COC(=O)CCNS(=O)(=O)c1cncc(C#CCCO)c1. The van der Waals surface area contributed by atoms with Crippen molar-refractivity contribution in [2.24, 2.45) is 0 Å². The Morgan fingerprint density at radius 1 is 1.48 bits per heavy atom. The first-order chi connectivity index (χ1) is 9.99. The standard InChI is InChI=1S/C13H16N2O5S/c1-20-13(17)5-6-15-21(18,19)12-8-11(9-14-10-12)4-2-3-7-16/h8-10,15-16H,3,5-7H2,1H3. The van der Waals surface area contributed by atoms with Crippen molar-refractivity contribution in [2.75, 3.05) is 20.3 Å². The van der Waals surface area contributed by atoms with Gasteiger partial charge < -0.3 is 9.84 Å². The van der Waals surface area contributed by atoms with E-state index in [1.54, 1.807) is 0 Å². The van der Waals surface area contributed by atoms with E-state index in [0.29, 0.717) is 12.0 Å². The third-order valence-electron chi connectivity index (χ3n) is 2.34. The molecule has 0 radical (unpaired) electrons. The molecule has 7 nitrogen and oxygen atoms in total. The van der Waals surface area contributed by atoms with Gasteiger partial charge in [0.2, 0.25) is 10.0 Å². The second kappa shape index (κ2) is 8.36. The summed E-state index contributed by atoms with van der Waals surface area (Å²) in [6.45, 7) is -0.122. The minimum absolute atomic E-state index is 0.0387. The van der Waals surface area contributed by atoms with Gasteiger partial charge in [0.15, 0.2) is 0 Å². The molecule has 0 amide bonds. The van der Waals surface area contributed by atoms with Crippen molar-refractivity contribution in [2.45, 2.75) is 17.7 Å². The number of aliphatic hydroxyl groups is 1. The second-order valence-electron chi connectivity index (χ2n) is 3.91. The van der Waals surface area contributed by atoms with Crippen molar-refractivity contribution in [1.82, 2.24) is 9.71 Å². The number of rotatable bonds is 6. The Morgan fingerprint density at radius 3 is 2.90 bits per heavy atom. The summed E-state index contributed by atoms with van der Waals surface area (Å²) in [6.07, 6.45) is 2.86. The molecule has 1 aromatic heterocycles. The van der Waals surface area contributed by atoms with Gasteiger partial charge in [-0.3, -0.25) is 9.78 Å². The molecule has 0 saturated carbocycles. The molecule has 1 aromatic rings. The summed E-state index contributed by atoms with van der Waals surface area (Å²) in [5.41, 5.74) is 0.430. The molecule has 0 unspecified atom stereocenters. The van der Waals surface area contributed by atoms with Gasteiger partial charge in [-0.25, -0.2) is 13.1 Å². The van der Waals surface area contributed by atoms with E-state index in [1.165, 1.54) is 25.6 Å². The van der Waals surface area contributed by atoms with Crippen LogP contribution in [0.25, 0.3) is 0 Å². The summed E-state index contributed by atoms with van der Waals surface area (Å²) in [5.74, 6) is 4.88. The maximum Gasteiger partial charge on any atom is 0.306 e. The molecule has 2 N–H and O–H groups in total. The molecule has 0 aliphatic rings. The van der Waals surface area contributed by atoms with Crippen LogP contribution in [0.1, 0.15) is 18.4 Å². The quantitative estimate of drug-likeness (QED) is 0.550. The Labute approximate surface area is 123 Å². The molecule has 0 aliphatic heterocycles. The molecule has 114 valence electrons. The highest BCUT2D eigenvalue weighted by Crippen LogP contribution is 2.08. The fourth-order valence-corrected chi connectivity index (χ4v) is 2.35. The molecular formula is C13H16N2O5S. The molecular weight excluding hydrogens is 296 g/mol. The van der Waals surface area contributed by atoms with E-state index in [0.717, 1.165) is 0 Å². The third-order valence-corrected chi connectivity index (χ3v) is 3.77. The number of hydrogen-bond acceptors (Lipinski definition) is 6. The number of pyridine rings is 1. The molecule has 0 atom stereocenters. The van der Waals surface area contributed by atoms with E-state index in [-0.39, 0.29) is 24.5 Å². The fraction of sp³-hybridized carbons (Fsp3) is 0.385. The molecule has 0 aliphatic carbocycles. The Hall–Kier alpha value is -1.95. The van der Waals surface area contributed by atoms with E-state index >= 15 is 0 Å². The van der Waals surface area contributed by atoms with Crippen molar-refractivity contribution < 1.29 is 23.1 Å². The number of esters is 1. The Balaban J connectivity index is 2.77. The van der Waals surface area contributed by atoms with E-state index in [1.807, 2.05) is 0 Å². The zero-order valence-electron chi connectivity index (χ0n) is 11.5. The number of aromatic nitrogens is 1. The maximum atomic E-state index is 12.0.